The van der Waals surface area contributed by atoms with Gasteiger partial charge in [0.1, 0.15) is 6.61 Å². The first-order chi connectivity index (χ1) is 9.10. The Kier molecular flexibility index (Phi) is 3.06. The second kappa shape index (κ2) is 4.49. The minimum atomic E-state index is -0.749. The Bertz CT molecular complexity index is 499. The summed E-state index contributed by atoms with van der Waals surface area (Å²) in [5.41, 5.74) is 9.10. The summed E-state index contributed by atoms with van der Waals surface area (Å²) in [4.78, 5) is 0. The molecule has 0 aliphatic carbocycles. The van der Waals surface area contributed by atoms with E-state index >= 15 is 0 Å². The fraction of sp³-hybridized carbons (Fsp3) is 0.538. The van der Waals surface area contributed by atoms with E-state index in [4.69, 9.17) is 19.8 Å². The van der Waals surface area contributed by atoms with Crippen LogP contribution >= 0.6 is 0 Å². The Labute approximate surface area is 112 Å². The van der Waals surface area contributed by atoms with Crippen molar-refractivity contribution in [1.82, 2.24) is 0 Å². The molecule has 3 aliphatic heterocycles. The molecule has 19 heavy (non-hydrogen) atoms. The summed E-state index contributed by atoms with van der Waals surface area (Å²) in [6.45, 7) is 4.58. The summed E-state index contributed by atoms with van der Waals surface area (Å²) >= 11 is 0. The highest BCUT2D eigenvalue weighted by molar-refractivity contribution is 6.57. The molecule has 0 aromatic heterocycles. The van der Waals surface area contributed by atoms with Crippen molar-refractivity contribution in [1.29, 1.82) is 0 Å². The van der Waals surface area contributed by atoms with Crippen molar-refractivity contribution in [3.63, 3.8) is 0 Å². The first-order valence-corrected chi connectivity index (χ1v) is 6.47. The molecule has 3 N–H and O–H groups in total. The van der Waals surface area contributed by atoms with Gasteiger partial charge in [0.2, 0.25) is 0 Å². The fourth-order valence-electron chi connectivity index (χ4n) is 2.88. The molecule has 3 rings (SSSR count). The largest absolute Gasteiger partial charge is 0.497 e. The smallest absolute Gasteiger partial charge is 0.495 e. The SMILES string of the molecule is CC1=C2C=COCC3=C2B(O[C@@H]1CN)O[C@]3(C)CO. The van der Waals surface area contributed by atoms with Crippen LogP contribution in [0.25, 0.3) is 0 Å². The fourth-order valence-corrected chi connectivity index (χ4v) is 2.88. The van der Waals surface area contributed by atoms with Crippen molar-refractivity contribution in [2.24, 2.45) is 5.73 Å². The third kappa shape index (κ3) is 1.79. The van der Waals surface area contributed by atoms with Crippen LogP contribution in [0.5, 0.6) is 0 Å². The van der Waals surface area contributed by atoms with Gasteiger partial charge < -0.3 is 24.9 Å². The third-order valence-corrected chi connectivity index (χ3v) is 4.13. The Morgan fingerprint density at radius 3 is 3.05 bits per heavy atom. The van der Waals surface area contributed by atoms with Crippen LogP contribution in [0, 0.1) is 0 Å². The number of ether oxygens (including phenoxy) is 1. The lowest BCUT2D eigenvalue weighted by atomic mass is 9.68. The monoisotopic (exact) mass is 263 g/mol. The van der Waals surface area contributed by atoms with E-state index in [2.05, 4.69) is 0 Å². The molecule has 0 spiro atoms. The Morgan fingerprint density at radius 2 is 2.37 bits per heavy atom. The zero-order valence-electron chi connectivity index (χ0n) is 11.2. The van der Waals surface area contributed by atoms with Gasteiger partial charge in [0.05, 0.1) is 24.6 Å². The van der Waals surface area contributed by atoms with Crippen molar-refractivity contribution in [2.75, 3.05) is 19.8 Å². The van der Waals surface area contributed by atoms with E-state index in [1.165, 1.54) is 0 Å². The maximum absolute atomic E-state index is 9.63. The summed E-state index contributed by atoms with van der Waals surface area (Å²) < 4.78 is 17.3. The number of allylic oxidation sites excluding steroid dienone is 3. The Balaban J connectivity index is 2.16. The minimum absolute atomic E-state index is 0.103. The van der Waals surface area contributed by atoms with E-state index < -0.39 is 12.7 Å². The molecule has 3 aliphatic rings. The molecule has 2 atom stereocenters. The number of aliphatic hydroxyl groups is 1. The molecule has 0 amide bonds. The van der Waals surface area contributed by atoms with Gasteiger partial charge in [-0.1, -0.05) is 0 Å². The average Bonchev–Trinajstić information content (AvgIpc) is 2.58. The average molecular weight is 263 g/mol. The highest BCUT2D eigenvalue weighted by Gasteiger charge is 2.51. The summed E-state index contributed by atoms with van der Waals surface area (Å²) in [6.07, 6.45) is 3.46. The minimum Gasteiger partial charge on any atom is -0.497 e. The van der Waals surface area contributed by atoms with Crippen LogP contribution in [-0.4, -0.2) is 43.7 Å². The highest BCUT2D eigenvalue weighted by Crippen LogP contribution is 2.43. The van der Waals surface area contributed by atoms with Gasteiger partial charge in [-0.3, -0.25) is 0 Å². The van der Waals surface area contributed by atoms with Crippen LogP contribution in [0.4, 0.5) is 0 Å². The predicted molar refractivity (Wildman–Crippen MR) is 71.1 cm³/mol. The van der Waals surface area contributed by atoms with Crippen LogP contribution in [0.1, 0.15) is 13.8 Å². The number of rotatable bonds is 2. The normalized spacial score (nSPS) is 33.5. The maximum Gasteiger partial charge on any atom is 0.495 e. The van der Waals surface area contributed by atoms with Gasteiger partial charge in [-0.2, -0.15) is 0 Å². The van der Waals surface area contributed by atoms with Gasteiger partial charge in [0, 0.05) is 6.54 Å². The van der Waals surface area contributed by atoms with Gasteiger partial charge in [0.15, 0.2) is 0 Å². The molecule has 0 radical (unpaired) electrons. The molecule has 102 valence electrons. The van der Waals surface area contributed by atoms with Crippen molar-refractivity contribution < 1.29 is 19.2 Å². The molecule has 6 heteroatoms. The summed E-state index contributed by atoms with van der Waals surface area (Å²) in [7, 11) is -0.467. The number of hydrogen-bond donors (Lipinski definition) is 2. The molecule has 0 unspecified atom stereocenters. The third-order valence-electron chi connectivity index (χ3n) is 4.13. The van der Waals surface area contributed by atoms with E-state index in [0.717, 1.165) is 22.2 Å². The van der Waals surface area contributed by atoms with E-state index in [9.17, 15) is 5.11 Å². The van der Waals surface area contributed by atoms with E-state index in [-0.39, 0.29) is 12.7 Å². The van der Waals surface area contributed by atoms with Crippen LogP contribution in [0.2, 0.25) is 0 Å². The molecule has 0 saturated heterocycles. The highest BCUT2D eigenvalue weighted by atomic mass is 16.6. The van der Waals surface area contributed by atoms with Crippen LogP contribution in [-0.2, 0) is 14.0 Å². The molecular weight excluding hydrogens is 245 g/mol. The molecule has 0 aromatic rings. The number of hydrogen-bond acceptors (Lipinski definition) is 5. The van der Waals surface area contributed by atoms with Crippen molar-refractivity contribution in [3.8, 4) is 0 Å². The maximum atomic E-state index is 9.63. The van der Waals surface area contributed by atoms with Gasteiger partial charge in [-0.15, -0.1) is 0 Å². The summed E-state index contributed by atoms with van der Waals surface area (Å²) in [5, 5.41) is 9.63. The molecule has 5 nitrogen and oxygen atoms in total. The van der Waals surface area contributed by atoms with Crippen LogP contribution in [0.3, 0.4) is 0 Å². The molecule has 0 aromatic carbocycles. The predicted octanol–water partition coefficient (Wildman–Crippen LogP) is 0.310. The topological polar surface area (TPSA) is 73.9 Å². The van der Waals surface area contributed by atoms with E-state index in [1.807, 2.05) is 19.9 Å². The second-order valence-corrected chi connectivity index (χ2v) is 5.30. The lowest BCUT2D eigenvalue weighted by Crippen LogP contribution is -2.42. The Hall–Kier alpha value is -1.08. The zero-order chi connectivity index (χ0) is 13.6. The summed E-state index contributed by atoms with van der Waals surface area (Å²) in [5.74, 6) is 0. The zero-order valence-corrected chi connectivity index (χ0v) is 11.2. The number of aliphatic hydroxyl groups excluding tert-OH is 1. The number of nitrogens with two attached hydrogens (primary N) is 1. The summed E-state index contributed by atoms with van der Waals surface area (Å²) in [6, 6.07) is 0. The van der Waals surface area contributed by atoms with E-state index in [0.29, 0.717) is 13.2 Å². The van der Waals surface area contributed by atoms with Crippen molar-refractivity contribution in [2.45, 2.75) is 25.6 Å². The molecule has 0 fully saturated rings. The van der Waals surface area contributed by atoms with Crippen LogP contribution < -0.4 is 5.73 Å². The second-order valence-electron chi connectivity index (χ2n) is 5.30. The lowest BCUT2D eigenvalue weighted by Gasteiger charge is -2.30. The quantitative estimate of drug-likeness (QED) is 0.701. The van der Waals surface area contributed by atoms with Crippen molar-refractivity contribution in [3.05, 3.63) is 34.5 Å². The first kappa shape index (κ1) is 12.9. The van der Waals surface area contributed by atoms with E-state index in [1.54, 1.807) is 6.26 Å². The molecule has 3 heterocycles. The molecule has 0 saturated carbocycles. The Morgan fingerprint density at radius 1 is 1.58 bits per heavy atom. The van der Waals surface area contributed by atoms with Gasteiger partial charge in [0.25, 0.3) is 0 Å². The van der Waals surface area contributed by atoms with Crippen LogP contribution in [0.15, 0.2) is 34.5 Å². The standard InChI is InChI=1S/C13H18BNO4/c1-8-9-3-4-17-6-10-12(9)14(18-11(8)5-15)19-13(10,2)7-16/h3-4,11,16H,5-7,15H2,1-2H3/t11-,13-/m1/s1. The molecule has 0 bridgehead atoms. The first-order valence-electron chi connectivity index (χ1n) is 6.47. The van der Waals surface area contributed by atoms with Gasteiger partial charge >= 0.3 is 7.12 Å². The van der Waals surface area contributed by atoms with Crippen molar-refractivity contribution >= 4 is 7.12 Å². The van der Waals surface area contributed by atoms with Gasteiger partial charge in [-0.05, 0) is 42.1 Å². The molecular formula is C13H18BNO4. The van der Waals surface area contributed by atoms with Gasteiger partial charge in [-0.25, -0.2) is 0 Å². The lowest BCUT2D eigenvalue weighted by molar-refractivity contribution is 0.0289.